The maximum atomic E-state index is 4.82. The van der Waals surface area contributed by atoms with Crippen LogP contribution in [0.25, 0.3) is 197 Å². The summed E-state index contributed by atoms with van der Waals surface area (Å²) in [5.41, 5.74) is 30.4. The Morgan fingerprint density at radius 2 is 0.500 bits per heavy atom. The Hall–Kier alpha value is -16.4. The summed E-state index contributed by atoms with van der Waals surface area (Å²) in [4.78, 5) is 32.0. The van der Waals surface area contributed by atoms with Gasteiger partial charge in [0.25, 0.3) is 0 Å². The van der Waals surface area contributed by atoms with Crippen LogP contribution in [-0.2, 0) is 80.4 Å². The van der Waals surface area contributed by atoms with Crippen molar-refractivity contribution in [1.29, 1.82) is 0 Å². The first-order valence-electron chi connectivity index (χ1n) is 44.1. The molecule has 0 N–H and O–H groups in total. The minimum Gasteiger partial charge on any atom is -0.309 e. The fourth-order valence-corrected chi connectivity index (χ4v) is 16.0. The van der Waals surface area contributed by atoms with Crippen LogP contribution in [0.1, 0.15) is 5.69 Å². The van der Waals surface area contributed by atoms with Gasteiger partial charge >= 0.3 is 0 Å². The van der Waals surface area contributed by atoms with Crippen molar-refractivity contribution >= 4 is 21.8 Å². The molecule has 14 aromatic carbocycles. The predicted molar refractivity (Wildman–Crippen MR) is 535 cm³/mol. The van der Waals surface area contributed by atoms with Gasteiger partial charge in [0.15, 0.2) is 17.5 Å². The van der Waals surface area contributed by atoms with Crippen molar-refractivity contribution in [3.8, 4) is 175 Å². The molecule has 20 nitrogen and oxygen atoms in total. The molecule has 0 bridgehead atoms. The minimum atomic E-state index is 0. The number of para-hydroxylation sites is 2. The number of rotatable bonds is 18. The quantitative estimate of drug-likeness (QED) is 0.0730. The number of aromatic nitrogens is 20. The van der Waals surface area contributed by atoms with Crippen molar-refractivity contribution < 1.29 is 80.4 Å². The summed E-state index contributed by atoms with van der Waals surface area (Å²) in [5, 5.41) is 37.0. The van der Waals surface area contributed by atoms with Gasteiger partial charge in [0.05, 0.1) is 41.5 Å². The van der Waals surface area contributed by atoms with Gasteiger partial charge in [-0.1, -0.05) is 282 Å². The Balaban J connectivity index is 0.000000131. The van der Waals surface area contributed by atoms with E-state index in [0.717, 1.165) is 141 Å². The fraction of sp³-hybridized carbons (Fsp3) is 0.00862. The molecule has 10 heterocycles. The van der Waals surface area contributed by atoms with Crippen LogP contribution in [0.15, 0.2) is 456 Å². The zero-order valence-electron chi connectivity index (χ0n) is 74.6. The number of benzene rings is 14. The van der Waals surface area contributed by atoms with Gasteiger partial charge in [-0.3, -0.25) is 0 Å². The zero-order valence-corrected chi connectivity index (χ0v) is 84.2. The van der Waals surface area contributed by atoms with Crippen LogP contribution >= 0.6 is 0 Å². The molecule has 0 aliphatic carbocycles. The normalized spacial score (nSPS) is 10.7. The number of hydrogen-bond acceptors (Lipinski definition) is 15. The third-order valence-corrected chi connectivity index (χ3v) is 22.8. The summed E-state index contributed by atoms with van der Waals surface area (Å²) in [6.45, 7) is 1.91. The topological polar surface area (TPSA) is 218 Å². The van der Waals surface area contributed by atoms with E-state index in [-0.39, 0.29) is 80.4 Å². The first-order valence-corrected chi connectivity index (χ1v) is 44.1. The van der Waals surface area contributed by atoms with Crippen molar-refractivity contribution in [2.45, 2.75) is 6.92 Å². The maximum Gasteiger partial charge on any atom is 0.164 e. The van der Waals surface area contributed by atoms with E-state index in [4.69, 9.17) is 15.0 Å². The van der Waals surface area contributed by atoms with Gasteiger partial charge in [0.1, 0.15) is 17.1 Å². The van der Waals surface area contributed by atoms with Gasteiger partial charge < -0.3 is 24.5 Å². The number of nitrogens with zero attached hydrogens (tertiary/aromatic N) is 20. The van der Waals surface area contributed by atoms with Crippen molar-refractivity contribution in [1.82, 2.24) is 99.4 Å². The standard InChI is InChI=1S/C37H25N4.C34H22N7.C31H20N5.C14H11N4.4Ir/c1-3-10-27(11-4-1)32-22-33(28-12-5-2-6-13-28)24-34(23-32)29-17-19-30(20-18-29)37-26-41(40-39-37)35-15-9-14-31(25-35)36-16-7-8-21-38-36;1-3-10-25(11-4-1)32-36-33(26-12-5-2-6-13-26)38-34(37-32)27-19-17-24(18-20-27)31-23-41(40-39-31)29-15-9-14-28(22-29)30-16-7-8-21-35-30;1-2-10-24(11-3-1)36-30-15-5-4-13-26(30)27-20-23(16-17-31(27)36)29-21-35(34-33-29)25-12-8-9-22(19-25)28-14-6-7-18-32-28;1-11-10-18(17-16-11)13-6-4-5-12(9-13)14-7-2-3-8-15-14;;;;/h1-13,15-26H;1-13,15-23H;1-8,10-21H;2-4,6-10H,1H3;;;;/q4*-1;;;;. The zero-order chi connectivity index (χ0) is 91.1. The summed E-state index contributed by atoms with van der Waals surface area (Å²) in [7, 11) is 0. The van der Waals surface area contributed by atoms with E-state index in [0.29, 0.717) is 17.5 Å². The molecule has 24 aromatic rings. The van der Waals surface area contributed by atoms with Crippen molar-refractivity contribution in [3.63, 3.8) is 0 Å². The largest absolute Gasteiger partial charge is 0.309 e. The van der Waals surface area contributed by atoms with E-state index in [1.807, 2.05) is 268 Å². The Labute approximate surface area is 861 Å². The predicted octanol–water partition coefficient (Wildman–Crippen LogP) is 25.1. The Morgan fingerprint density at radius 1 is 0.207 bits per heavy atom. The van der Waals surface area contributed by atoms with Crippen LogP contribution in [0.5, 0.6) is 0 Å². The molecule has 0 saturated heterocycles. The van der Waals surface area contributed by atoms with Gasteiger partial charge in [-0.05, 0) is 159 Å². The Kier molecular flexibility index (Phi) is 30.7. The summed E-state index contributed by atoms with van der Waals surface area (Å²) < 4.78 is 9.40. The van der Waals surface area contributed by atoms with Crippen molar-refractivity contribution in [2.24, 2.45) is 0 Å². The second-order valence-corrected chi connectivity index (χ2v) is 31.8. The molecule has 0 spiro atoms. The molecular weight excluding hydrogens is 2440 g/mol. The van der Waals surface area contributed by atoms with Crippen LogP contribution < -0.4 is 0 Å². The van der Waals surface area contributed by atoms with Crippen LogP contribution in [0, 0.1) is 31.2 Å². The molecule has 0 atom stereocenters. The van der Waals surface area contributed by atoms with Gasteiger partial charge in [0.2, 0.25) is 0 Å². The molecule has 0 aliphatic rings. The van der Waals surface area contributed by atoms with Gasteiger partial charge in [-0.2, -0.15) is 0 Å². The number of aryl methyl sites for hydroxylation is 1. The van der Waals surface area contributed by atoms with Gasteiger partial charge in [-0.15, -0.1) is 140 Å². The number of pyridine rings is 4. The molecule has 10 aromatic heterocycles. The molecule has 140 heavy (non-hydrogen) atoms. The first-order chi connectivity index (χ1) is 67.3. The monoisotopic (exact) mass is 2520 g/mol. The average Bonchev–Trinajstić information content (AvgIpc) is 1.59. The fourth-order valence-electron chi connectivity index (χ4n) is 16.0. The van der Waals surface area contributed by atoms with E-state index in [9.17, 15) is 0 Å². The van der Waals surface area contributed by atoms with Crippen molar-refractivity contribution in [2.75, 3.05) is 0 Å². The summed E-state index contributed by atoms with van der Waals surface area (Å²) >= 11 is 0. The second-order valence-electron chi connectivity index (χ2n) is 31.8. The third-order valence-electron chi connectivity index (χ3n) is 22.8. The van der Waals surface area contributed by atoms with E-state index in [1.165, 1.54) is 44.1 Å². The molecular formula is C116H78Ir4N20-4. The summed E-state index contributed by atoms with van der Waals surface area (Å²) in [5.74, 6) is 1.87. The molecule has 4 radical (unpaired) electrons. The second kappa shape index (κ2) is 45.1. The number of hydrogen-bond donors (Lipinski definition) is 0. The Morgan fingerprint density at radius 3 is 0.864 bits per heavy atom. The molecule has 24 rings (SSSR count). The smallest absolute Gasteiger partial charge is 0.164 e. The molecule has 0 amide bonds. The molecule has 0 unspecified atom stereocenters. The summed E-state index contributed by atoms with van der Waals surface area (Å²) in [6.07, 6.45) is 14.8. The van der Waals surface area contributed by atoms with Crippen molar-refractivity contribution in [3.05, 3.63) is 486 Å². The molecule has 24 heteroatoms. The maximum absolute atomic E-state index is 4.82. The van der Waals surface area contributed by atoms with Crippen LogP contribution in [0.3, 0.4) is 0 Å². The van der Waals surface area contributed by atoms with E-state index in [1.54, 1.807) is 43.5 Å². The Bertz CT molecular complexity index is 7810. The molecule has 0 saturated carbocycles. The number of fused-ring (bicyclic) bond motifs is 3. The van der Waals surface area contributed by atoms with Gasteiger partial charge in [-0.25, -0.2) is 33.7 Å². The summed E-state index contributed by atoms with van der Waals surface area (Å²) in [6, 6.07) is 150. The van der Waals surface area contributed by atoms with E-state index in [2.05, 4.69) is 260 Å². The van der Waals surface area contributed by atoms with Crippen LogP contribution in [-0.4, -0.2) is 99.4 Å². The first kappa shape index (κ1) is 95.4. The molecule has 0 aliphatic heterocycles. The van der Waals surface area contributed by atoms with Crippen LogP contribution in [0.2, 0.25) is 0 Å². The van der Waals surface area contributed by atoms with Crippen LogP contribution in [0.4, 0.5) is 0 Å². The van der Waals surface area contributed by atoms with E-state index >= 15 is 0 Å². The van der Waals surface area contributed by atoms with E-state index < -0.39 is 0 Å². The SMILES string of the molecule is Cc1cn(-c2cc[c-]c(-c3ccccn3)c2)nn1.[Ir].[Ir].[Ir].[Ir].[c-]1ccc(-n2cc(-c3ccc(-c4cc(-c5ccccc5)cc(-c5ccccc5)c4)cc3)nn2)cc1-c1ccccn1.[c-]1ccc(-n2cc(-c3ccc(-c4nc(-c5ccccc5)nc(-c5ccccc5)n4)cc3)nn2)cc1-c1ccccn1.[c-]1ccc(-n2cc(-c3ccc4c(c3)c3ccccc3n4-c3ccccc3)nn2)cc1-c1ccccn1. The van der Waals surface area contributed by atoms with Gasteiger partial charge in [0, 0.05) is 155 Å². The molecule has 0 fully saturated rings. The average molecular weight is 2520 g/mol. The molecule has 682 valence electrons. The third kappa shape index (κ3) is 22.0. The minimum absolute atomic E-state index is 0.